The van der Waals surface area contributed by atoms with Crippen LogP contribution in [0.15, 0.2) is 16.6 Å². The lowest BCUT2D eigenvalue weighted by molar-refractivity contribution is 0.217. The molecule has 0 amide bonds. The fraction of sp³-hybridized carbons (Fsp3) is 0.455. The lowest BCUT2D eigenvalue weighted by atomic mass is 9.85. The molecule has 1 aromatic carbocycles. The molecule has 0 saturated heterocycles. The summed E-state index contributed by atoms with van der Waals surface area (Å²) in [6, 6.07) is 3.58. The van der Waals surface area contributed by atoms with Crippen LogP contribution in [-0.2, 0) is 5.41 Å². The first kappa shape index (κ1) is 12.8. The molecule has 1 aromatic rings. The Hall–Kier alpha value is -0.250. The molecule has 0 aliphatic carbocycles. The van der Waals surface area contributed by atoms with E-state index in [1.165, 1.54) is 0 Å². The van der Waals surface area contributed by atoms with Crippen molar-refractivity contribution in [2.45, 2.75) is 19.3 Å². The van der Waals surface area contributed by atoms with Gasteiger partial charge in [0.2, 0.25) is 0 Å². The minimum atomic E-state index is -0.350. The maximum atomic E-state index is 9.32. The smallest absolute Gasteiger partial charge is 0.134 e. The zero-order chi connectivity index (χ0) is 11.6. The summed E-state index contributed by atoms with van der Waals surface area (Å²) in [7, 11) is 1.59. The third-order valence-electron chi connectivity index (χ3n) is 2.35. The van der Waals surface area contributed by atoms with Crippen LogP contribution >= 0.6 is 27.5 Å². The number of methoxy groups -OCH3 is 1. The van der Waals surface area contributed by atoms with Gasteiger partial charge >= 0.3 is 0 Å². The van der Waals surface area contributed by atoms with Gasteiger partial charge in [0.05, 0.1) is 18.2 Å². The number of benzene rings is 1. The monoisotopic (exact) mass is 292 g/mol. The molecule has 2 nitrogen and oxygen atoms in total. The highest BCUT2D eigenvalue weighted by molar-refractivity contribution is 9.10. The molecule has 4 heteroatoms. The SMILES string of the molecule is COc1cc(Cl)cc(C(C)(C)CO)c1Br. The molecular formula is C11H14BrClO2. The Kier molecular flexibility index (Phi) is 4.04. The second-order valence-electron chi connectivity index (χ2n) is 4.01. The van der Waals surface area contributed by atoms with Crippen LogP contribution in [0.3, 0.4) is 0 Å². The number of aliphatic hydroxyl groups is 1. The van der Waals surface area contributed by atoms with Crippen molar-refractivity contribution in [1.29, 1.82) is 0 Å². The van der Waals surface area contributed by atoms with E-state index in [2.05, 4.69) is 15.9 Å². The second-order valence-corrected chi connectivity index (χ2v) is 5.24. The van der Waals surface area contributed by atoms with Crippen LogP contribution in [0, 0.1) is 0 Å². The summed E-state index contributed by atoms with van der Waals surface area (Å²) in [6.07, 6.45) is 0. The van der Waals surface area contributed by atoms with E-state index in [1.54, 1.807) is 13.2 Å². The molecule has 0 saturated carbocycles. The van der Waals surface area contributed by atoms with Crippen molar-refractivity contribution in [2.24, 2.45) is 0 Å². The van der Waals surface area contributed by atoms with E-state index in [-0.39, 0.29) is 12.0 Å². The Labute approximate surface area is 103 Å². The van der Waals surface area contributed by atoms with Gasteiger partial charge in [0, 0.05) is 10.4 Å². The summed E-state index contributed by atoms with van der Waals surface area (Å²) in [5.74, 6) is 0.680. The zero-order valence-electron chi connectivity index (χ0n) is 8.97. The van der Waals surface area contributed by atoms with Gasteiger partial charge in [-0.3, -0.25) is 0 Å². The first-order valence-electron chi connectivity index (χ1n) is 4.56. The van der Waals surface area contributed by atoms with E-state index in [1.807, 2.05) is 19.9 Å². The molecule has 1 N–H and O–H groups in total. The molecule has 0 aromatic heterocycles. The van der Waals surface area contributed by atoms with Crippen molar-refractivity contribution in [3.63, 3.8) is 0 Å². The Morgan fingerprint density at radius 1 is 1.47 bits per heavy atom. The van der Waals surface area contributed by atoms with Crippen LogP contribution in [0.5, 0.6) is 5.75 Å². The third-order valence-corrected chi connectivity index (χ3v) is 3.38. The number of ether oxygens (including phenoxy) is 1. The zero-order valence-corrected chi connectivity index (χ0v) is 11.3. The topological polar surface area (TPSA) is 29.5 Å². The minimum absolute atomic E-state index is 0.0507. The maximum Gasteiger partial charge on any atom is 0.134 e. The number of rotatable bonds is 3. The molecular weight excluding hydrogens is 279 g/mol. The van der Waals surface area contributed by atoms with E-state index in [0.29, 0.717) is 10.8 Å². The lowest BCUT2D eigenvalue weighted by Crippen LogP contribution is -2.22. The van der Waals surface area contributed by atoms with Crippen LogP contribution in [0.4, 0.5) is 0 Å². The Morgan fingerprint density at radius 3 is 2.53 bits per heavy atom. The van der Waals surface area contributed by atoms with E-state index in [0.717, 1.165) is 10.0 Å². The molecule has 15 heavy (non-hydrogen) atoms. The number of halogens is 2. The van der Waals surface area contributed by atoms with E-state index >= 15 is 0 Å². The van der Waals surface area contributed by atoms with Gasteiger partial charge < -0.3 is 9.84 Å². The molecule has 0 unspecified atom stereocenters. The largest absolute Gasteiger partial charge is 0.496 e. The normalized spacial score (nSPS) is 11.6. The molecule has 0 aliphatic rings. The highest BCUT2D eigenvalue weighted by atomic mass is 79.9. The van der Waals surface area contributed by atoms with Crippen molar-refractivity contribution >= 4 is 27.5 Å². The fourth-order valence-corrected chi connectivity index (χ4v) is 2.43. The molecule has 0 fully saturated rings. The molecule has 0 heterocycles. The summed E-state index contributed by atoms with van der Waals surface area (Å²) >= 11 is 9.44. The van der Waals surface area contributed by atoms with Crippen molar-refractivity contribution in [3.05, 3.63) is 27.2 Å². The van der Waals surface area contributed by atoms with Crippen molar-refractivity contribution in [2.75, 3.05) is 13.7 Å². The Balaban J connectivity index is 3.35. The molecule has 1 rings (SSSR count). The highest BCUT2D eigenvalue weighted by Gasteiger charge is 2.24. The van der Waals surface area contributed by atoms with Crippen molar-refractivity contribution < 1.29 is 9.84 Å². The van der Waals surface area contributed by atoms with E-state index < -0.39 is 0 Å². The van der Waals surface area contributed by atoms with Crippen LogP contribution < -0.4 is 4.74 Å². The second kappa shape index (κ2) is 4.73. The van der Waals surface area contributed by atoms with Gasteiger partial charge in [-0.2, -0.15) is 0 Å². The Morgan fingerprint density at radius 2 is 2.07 bits per heavy atom. The highest BCUT2D eigenvalue weighted by Crippen LogP contribution is 2.38. The van der Waals surface area contributed by atoms with Crippen LogP contribution in [0.1, 0.15) is 19.4 Å². The molecule has 0 atom stereocenters. The molecule has 0 bridgehead atoms. The van der Waals surface area contributed by atoms with Crippen LogP contribution in [-0.4, -0.2) is 18.8 Å². The quantitative estimate of drug-likeness (QED) is 0.926. The first-order chi connectivity index (χ1) is 6.92. The summed E-state index contributed by atoms with van der Waals surface area (Å²) < 4.78 is 6.03. The summed E-state index contributed by atoms with van der Waals surface area (Å²) in [4.78, 5) is 0. The van der Waals surface area contributed by atoms with Gasteiger partial charge in [-0.1, -0.05) is 25.4 Å². The minimum Gasteiger partial charge on any atom is -0.496 e. The maximum absolute atomic E-state index is 9.32. The van der Waals surface area contributed by atoms with Gasteiger partial charge in [-0.05, 0) is 33.6 Å². The van der Waals surface area contributed by atoms with Crippen molar-refractivity contribution in [3.8, 4) is 5.75 Å². The standard InChI is InChI=1S/C11H14BrClO2/c1-11(2,6-14)8-4-7(13)5-9(15-3)10(8)12/h4-5,14H,6H2,1-3H3. The van der Waals surface area contributed by atoms with Crippen molar-refractivity contribution in [1.82, 2.24) is 0 Å². The van der Waals surface area contributed by atoms with Gasteiger partial charge in [0.25, 0.3) is 0 Å². The summed E-state index contributed by atoms with van der Waals surface area (Å²) in [5.41, 5.74) is 0.589. The molecule has 0 spiro atoms. The summed E-state index contributed by atoms with van der Waals surface area (Å²) in [5, 5.41) is 9.92. The summed E-state index contributed by atoms with van der Waals surface area (Å²) in [6.45, 7) is 3.95. The van der Waals surface area contributed by atoms with E-state index in [9.17, 15) is 5.11 Å². The fourth-order valence-electron chi connectivity index (χ4n) is 1.29. The molecule has 84 valence electrons. The average molecular weight is 294 g/mol. The van der Waals surface area contributed by atoms with Gasteiger partial charge in [-0.25, -0.2) is 0 Å². The molecule has 0 aliphatic heterocycles. The third kappa shape index (κ3) is 2.65. The van der Waals surface area contributed by atoms with Crippen LogP contribution in [0.25, 0.3) is 0 Å². The van der Waals surface area contributed by atoms with E-state index in [4.69, 9.17) is 16.3 Å². The van der Waals surface area contributed by atoms with Crippen LogP contribution in [0.2, 0.25) is 5.02 Å². The number of hydrogen-bond acceptors (Lipinski definition) is 2. The van der Waals surface area contributed by atoms with Gasteiger partial charge in [0.1, 0.15) is 5.75 Å². The predicted molar refractivity (Wildman–Crippen MR) is 65.8 cm³/mol. The first-order valence-corrected chi connectivity index (χ1v) is 5.74. The molecule has 0 radical (unpaired) electrons. The number of hydrogen-bond donors (Lipinski definition) is 1. The predicted octanol–water partition coefficient (Wildman–Crippen LogP) is 3.38. The average Bonchev–Trinajstić information content (AvgIpc) is 2.20. The number of aliphatic hydroxyl groups excluding tert-OH is 1. The Bertz CT molecular complexity index is 364. The lowest BCUT2D eigenvalue weighted by Gasteiger charge is -2.25. The van der Waals surface area contributed by atoms with Gasteiger partial charge in [-0.15, -0.1) is 0 Å². The van der Waals surface area contributed by atoms with Gasteiger partial charge in [0.15, 0.2) is 0 Å².